The van der Waals surface area contributed by atoms with Gasteiger partial charge in [-0.15, -0.1) is 0 Å². The van der Waals surface area contributed by atoms with E-state index < -0.39 is 42.0 Å². The zero-order chi connectivity index (χ0) is 27.1. The summed E-state index contributed by atoms with van der Waals surface area (Å²) in [6, 6.07) is 5.63. The lowest BCUT2D eigenvalue weighted by Crippen LogP contribution is -2.37. The van der Waals surface area contributed by atoms with Crippen LogP contribution in [0.2, 0.25) is 0 Å². The molecule has 2 saturated heterocycles. The Labute approximate surface area is 219 Å². The molecule has 38 heavy (non-hydrogen) atoms. The van der Waals surface area contributed by atoms with Gasteiger partial charge in [0.15, 0.2) is 6.29 Å². The molecule has 206 valence electrons. The molecule has 1 aromatic heterocycles. The summed E-state index contributed by atoms with van der Waals surface area (Å²) >= 11 is 0. The minimum atomic E-state index is -3.13. The second-order valence-corrected chi connectivity index (χ2v) is 10.5. The van der Waals surface area contributed by atoms with Crippen LogP contribution in [0.25, 0.3) is 0 Å². The van der Waals surface area contributed by atoms with Gasteiger partial charge in [-0.25, -0.2) is 14.4 Å². The molecule has 1 aromatic carbocycles. The number of anilines is 1. The quantitative estimate of drug-likeness (QED) is 0.470. The van der Waals surface area contributed by atoms with Gasteiger partial charge in [0.2, 0.25) is 6.17 Å². The number of halogens is 3. The van der Waals surface area contributed by atoms with E-state index in [9.17, 15) is 4.79 Å². The van der Waals surface area contributed by atoms with Crippen LogP contribution in [0.3, 0.4) is 0 Å². The number of alkyl halides is 3. The highest BCUT2D eigenvalue weighted by molar-refractivity contribution is 5.83. The van der Waals surface area contributed by atoms with Crippen molar-refractivity contribution in [1.82, 2.24) is 15.3 Å². The maximum Gasteiger partial charge on any atom is 0.298 e. The van der Waals surface area contributed by atoms with Gasteiger partial charge in [-0.3, -0.25) is 4.79 Å². The number of rotatable bonds is 9. The van der Waals surface area contributed by atoms with E-state index in [1.165, 1.54) is 12.1 Å². The number of benzene rings is 1. The Morgan fingerprint density at radius 3 is 2.55 bits per heavy atom. The van der Waals surface area contributed by atoms with Gasteiger partial charge in [-0.1, -0.05) is 18.2 Å². The van der Waals surface area contributed by atoms with Crippen molar-refractivity contribution in [1.29, 1.82) is 0 Å². The summed E-state index contributed by atoms with van der Waals surface area (Å²) in [5.41, 5.74) is 0.0834. The molecule has 1 aliphatic carbocycles. The average molecular weight is 535 g/mol. The van der Waals surface area contributed by atoms with Crippen LogP contribution < -0.4 is 10.6 Å². The molecular formula is C27H33F3N4O4. The predicted molar refractivity (Wildman–Crippen MR) is 132 cm³/mol. The van der Waals surface area contributed by atoms with Crippen molar-refractivity contribution < 1.29 is 32.2 Å². The van der Waals surface area contributed by atoms with E-state index >= 15 is 13.2 Å². The third-order valence-corrected chi connectivity index (χ3v) is 7.30. The number of aromatic nitrogens is 2. The zero-order valence-electron chi connectivity index (χ0n) is 21.7. The Morgan fingerprint density at radius 2 is 1.89 bits per heavy atom. The molecule has 1 saturated carbocycles. The Balaban J connectivity index is 1.44. The zero-order valence-corrected chi connectivity index (χ0v) is 21.7. The third kappa shape index (κ3) is 5.50. The van der Waals surface area contributed by atoms with Crippen LogP contribution in [-0.4, -0.2) is 47.3 Å². The van der Waals surface area contributed by atoms with Crippen molar-refractivity contribution in [3.8, 4) is 0 Å². The molecule has 2 aromatic rings. The van der Waals surface area contributed by atoms with Crippen molar-refractivity contribution in [3.05, 3.63) is 52.5 Å². The number of nitrogens with one attached hydrogen (secondary N) is 2. The number of amides is 1. The average Bonchev–Trinajstić information content (AvgIpc) is 3.31. The standard InChI is InChI=1S/C27H33F3N4O4/c1-15(17-6-4-7-18(14-17)27(29,30)19-8-5-11-36-19)31-23-20(25-37-12-13-38-25)22(32-16(2)33-23)21(28)24(35)34-26(3)9-10-26/h4,6-7,14-15,19,21,25H,5,8-13H2,1-3H3,(H,34,35)(H,31,32,33). The maximum atomic E-state index is 15.6. The number of aryl methyl sites for hydroxylation is 1. The van der Waals surface area contributed by atoms with E-state index in [0.29, 0.717) is 25.0 Å². The summed E-state index contributed by atoms with van der Waals surface area (Å²) < 4.78 is 62.4. The highest BCUT2D eigenvalue weighted by Crippen LogP contribution is 2.41. The fourth-order valence-electron chi connectivity index (χ4n) is 4.81. The van der Waals surface area contributed by atoms with Crippen LogP contribution in [0.5, 0.6) is 0 Å². The molecule has 0 radical (unpaired) electrons. The molecule has 2 N–H and O–H groups in total. The molecular weight excluding hydrogens is 501 g/mol. The fourth-order valence-corrected chi connectivity index (χ4v) is 4.81. The van der Waals surface area contributed by atoms with Gasteiger partial charge >= 0.3 is 0 Å². The Hall–Kier alpha value is -2.76. The van der Waals surface area contributed by atoms with Crippen molar-refractivity contribution in [2.24, 2.45) is 0 Å². The first kappa shape index (κ1) is 26.8. The number of nitrogens with zero attached hydrogens (tertiary/aromatic N) is 2. The van der Waals surface area contributed by atoms with Gasteiger partial charge < -0.3 is 24.8 Å². The number of carbonyl (C=O) groups excluding carboxylic acids is 1. The Kier molecular flexibility index (Phi) is 7.36. The third-order valence-electron chi connectivity index (χ3n) is 7.30. The van der Waals surface area contributed by atoms with E-state index in [4.69, 9.17) is 14.2 Å². The van der Waals surface area contributed by atoms with Crippen molar-refractivity contribution in [2.45, 2.75) is 82.5 Å². The van der Waals surface area contributed by atoms with E-state index in [-0.39, 0.29) is 41.7 Å². The SMILES string of the molecule is Cc1nc(NC(C)c2cccc(C(F)(F)C3CCCO3)c2)c(C2OCCO2)c(C(F)C(=O)NC2(C)CC2)n1. The molecule has 8 nitrogen and oxygen atoms in total. The molecule has 11 heteroatoms. The first-order valence-corrected chi connectivity index (χ1v) is 13.0. The first-order valence-electron chi connectivity index (χ1n) is 13.0. The number of hydrogen-bond donors (Lipinski definition) is 2. The molecule has 3 aliphatic rings. The number of ether oxygens (including phenoxy) is 3. The van der Waals surface area contributed by atoms with Gasteiger partial charge in [0, 0.05) is 23.8 Å². The Morgan fingerprint density at radius 1 is 1.16 bits per heavy atom. The summed E-state index contributed by atoms with van der Waals surface area (Å²) in [6.07, 6.45) is -1.72. The van der Waals surface area contributed by atoms with Crippen LogP contribution in [0.15, 0.2) is 24.3 Å². The van der Waals surface area contributed by atoms with Crippen molar-refractivity contribution in [3.63, 3.8) is 0 Å². The van der Waals surface area contributed by atoms with Crippen LogP contribution in [0.1, 0.15) is 86.2 Å². The van der Waals surface area contributed by atoms with Gasteiger partial charge in [0.1, 0.15) is 17.7 Å². The topological polar surface area (TPSA) is 94.6 Å². The monoisotopic (exact) mass is 534 g/mol. The van der Waals surface area contributed by atoms with Gasteiger partial charge in [-0.05, 0) is 58.1 Å². The highest BCUT2D eigenvalue weighted by Gasteiger charge is 2.44. The largest absolute Gasteiger partial charge is 0.372 e. The summed E-state index contributed by atoms with van der Waals surface area (Å²) in [5.74, 6) is -3.46. The molecule has 3 atom stereocenters. The number of hydrogen-bond acceptors (Lipinski definition) is 7. The first-order chi connectivity index (χ1) is 18.1. The van der Waals surface area contributed by atoms with Gasteiger partial charge in [0.05, 0.1) is 24.5 Å². The van der Waals surface area contributed by atoms with Gasteiger partial charge in [0.25, 0.3) is 11.8 Å². The molecule has 3 heterocycles. The molecule has 1 amide bonds. The van der Waals surface area contributed by atoms with Crippen LogP contribution in [0, 0.1) is 6.92 Å². The molecule has 3 unspecified atom stereocenters. The summed E-state index contributed by atoms with van der Waals surface area (Å²) in [4.78, 5) is 21.5. The lowest BCUT2D eigenvalue weighted by Gasteiger charge is -2.25. The second-order valence-electron chi connectivity index (χ2n) is 10.5. The number of carbonyl (C=O) groups is 1. The van der Waals surface area contributed by atoms with Crippen LogP contribution in [0.4, 0.5) is 19.0 Å². The fraction of sp³-hybridized carbons (Fsp3) is 0.593. The summed E-state index contributed by atoms with van der Waals surface area (Å²) in [5, 5.41) is 5.94. The minimum absolute atomic E-state index is 0.133. The molecule has 5 rings (SSSR count). The maximum absolute atomic E-state index is 15.6. The Bertz CT molecular complexity index is 1180. The summed E-state index contributed by atoms with van der Waals surface area (Å²) in [6.45, 7) is 6.14. The van der Waals surface area contributed by atoms with Gasteiger partial charge in [-0.2, -0.15) is 8.78 Å². The lowest BCUT2D eigenvalue weighted by molar-refractivity contribution is -0.127. The van der Waals surface area contributed by atoms with Crippen LogP contribution >= 0.6 is 0 Å². The molecule has 0 spiro atoms. The van der Waals surface area contributed by atoms with E-state index in [0.717, 1.165) is 12.8 Å². The van der Waals surface area contributed by atoms with E-state index in [1.807, 2.05) is 6.92 Å². The second kappa shape index (κ2) is 10.4. The van der Waals surface area contributed by atoms with E-state index in [2.05, 4.69) is 20.6 Å². The summed E-state index contributed by atoms with van der Waals surface area (Å²) in [7, 11) is 0. The minimum Gasteiger partial charge on any atom is -0.372 e. The molecule has 0 bridgehead atoms. The van der Waals surface area contributed by atoms with Crippen molar-refractivity contribution in [2.75, 3.05) is 25.1 Å². The van der Waals surface area contributed by atoms with E-state index in [1.54, 1.807) is 26.0 Å². The molecule has 3 fully saturated rings. The molecule has 2 aliphatic heterocycles. The predicted octanol–water partition coefficient (Wildman–Crippen LogP) is 4.95. The smallest absolute Gasteiger partial charge is 0.298 e. The van der Waals surface area contributed by atoms with Crippen molar-refractivity contribution >= 4 is 11.7 Å². The lowest BCUT2D eigenvalue weighted by atomic mass is 9.97. The van der Waals surface area contributed by atoms with Crippen LogP contribution in [-0.2, 0) is 24.9 Å². The normalized spacial score (nSPS) is 22.7. The highest BCUT2D eigenvalue weighted by atomic mass is 19.3.